The van der Waals surface area contributed by atoms with Crippen LogP contribution >= 0.6 is 11.8 Å². The lowest BCUT2D eigenvalue weighted by Crippen LogP contribution is -2.26. The van der Waals surface area contributed by atoms with Crippen molar-refractivity contribution in [2.75, 3.05) is 19.4 Å². The number of benzene rings is 2. The van der Waals surface area contributed by atoms with E-state index in [1.165, 1.54) is 17.8 Å². The molecule has 32 heavy (non-hydrogen) atoms. The van der Waals surface area contributed by atoms with Gasteiger partial charge in [0.25, 0.3) is 5.91 Å². The summed E-state index contributed by atoms with van der Waals surface area (Å²) in [4.78, 5) is 24.5. The number of Topliss-reactive ketones (excluding diaryl/α,β-unsaturated/α-hetero) is 1. The van der Waals surface area contributed by atoms with Crippen LogP contribution < -0.4 is 10.1 Å². The molecule has 1 heterocycles. The number of aromatic nitrogens is 3. The molecule has 1 amide bonds. The summed E-state index contributed by atoms with van der Waals surface area (Å²) in [6.45, 7) is 3.01. The molecule has 0 aliphatic rings. The van der Waals surface area contributed by atoms with Crippen molar-refractivity contribution < 1.29 is 18.7 Å². The Labute approximate surface area is 190 Å². The number of carbonyl (C=O) groups is 2. The molecular formula is C23H25FN4O3S. The number of halogens is 1. The minimum Gasteiger partial charge on any atom is -0.497 e. The molecule has 0 aliphatic carbocycles. The highest BCUT2D eigenvalue weighted by Gasteiger charge is 2.15. The van der Waals surface area contributed by atoms with Crippen LogP contribution in [0.2, 0.25) is 0 Å². The summed E-state index contributed by atoms with van der Waals surface area (Å²) in [6.07, 6.45) is 0.552. The average Bonchev–Trinajstić information content (AvgIpc) is 3.21. The van der Waals surface area contributed by atoms with Crippen molar-refractivity contribution in [1.29, 1.82) is 0 Å². The number of hydrogen-bond acceptors (Lipinski definition) is 6. The molecule has 0 fully saturated rings. The van der Waals surface area contributed by atoms with Gasteiger partial charge in [-0.15, -0.1) is 10.2 Å². The van der Waals surface area contributed by atoms with Gasteiger partial charge < -0.3 is 14.6 Å². The minimum absolute atomic E-state index is 0.0458. The summed E-state index contributed by atoms with van der Waals surface area (Å²) in [7, 11) is 1.57. The molecule has 1 N–H and O–H groups in total. The molecule has 0 radical (unpaired) electrons. The van der Waals surface area contributed by atoms with Gasteiger partial charge >= 0.3 is 0 Å². The Hall–Kier alpha value is -3.20. The Balaban J connectivity index is 1.51. The predicted octanol–water partition coefficient (Wildman–Crippen LogP) is 3.32. The normalized spacial score (nSPS) is 10.7. The predicted molar refractivity (Wildman–Crippen MR) is 121 cm³/mol. The second-order valence-corrected chi connectivity index (χ2v) is 7.92. The van der Waals surface area contributed by atoms with Gasteiger partial charge in [0.15, 0.2) is 5.16 Å². The Morgan fingerprint density at radius 1 is 1.12 bits per heavy atom. The monoisotopic (exact) mass is 456 g/mol. The Morgan fingerprint density at radius 2 is 1.88 bits per heavy atom. The van der Waals surface area contributed by atoms with E-state index in [1.54, 1.807) is 49.6 Å². The van der Waals surface area contributed by atoms with Crippen LogP contribution in [0.1, 0.15) is 28.7 Å². The number of thioether (sulfide) groups is 1. The summed E-state index contributed by atoms with van der Waals surface area (Å²) in [6, 6.07) is 13.2. The zero-order chi connectivity index (χ0) is 22.9. The SMILES string of the molecule is CCn1c(CCNC(=O)c2ccc(OC)cc2)nnc1SCC(=O)Cc1ccccc1F. The molecule has 0 unspecified atom stereocenters. The second kappa shape index (κ2) is 11.4. The number of carbonyl (C=O) groups excluding carboxylic acids is 2. The van der Waals surface area contributed by atoms with Crippen molar-refractivity contribution in [2.45, 2.75) is 31.5 Å². The maximum Gasteiger partial charge on any atom is 0.251 e. The van der Waals surface area contributed by atoms with Crippen LogP contribution in [0.4, 0.5) is 4.39 Å². The molecule has 3 aromatic rings. The van der Waals surface area contributed by atoms with E-state index in [0.717, 1.165) is 5.82 Å². The van der Waals surface area contributed by atoms with Crippen LogP contribution in [0.15, 0.2) is 53.7 Å². The van der Waals surface area contributed by atoms with E-state index < -0.39 is 0 Å². The molecule has 0 saturated carbocycles. The van der Waals surface area contributed by atoms with Crippen molar-refractivity contribution in [2.24, 2.45) is 0 Å². The summed E-state index contributed by atoms with van der Waals surface area (Å²) < 4.78 is 20.7. The first-order chi connectivity index (χ1) is 15.5. The zero-order valence-corrected chi connectivity index (χ0v) is 18.8. The van der Waals surface area contributed by atoms with Gasteiger partial charge in [0, 0.05) is 31.5 Å². The van der Waals surface area contributed by atoms with Crippen molar-refractivity contribution in [1.82, 2.24) is 20.1 Å². The van der Waals surface area contributed by atoms with Gasteiger partial charge in [-0.25, -0.2) is 4.39 Å². The Morgan fingerprint density at radius 3 is 2.56 bits per heavy atom. The van der Waals surface area contributed by atoms with Gasteiger partial charge in [0.1, 0.15) is 23.2 Å². The lowest BCUT2D eigenvalue weighted by Gasteiger charge is -2.08. The lowest BCUT2D eigenvalue weighted by atomic mass is 10.1. The number of methoxy groups -OCH3 is 1. The zero-order valence-electron chi connectivity index (χ0n) is 18.0. The minimum atomic E-state index is -0.374. The highest BCUT2D eigenvalue weighted by atomic mass is 32.2. The third-order valence-electron chi connectivity index (χ3n) is 4.80. The third kappa shape index (κ3) is 6.16. The van der Waals surface area contributed by atoms with Gasteiger partial charge in [-0.05, 0) is 42.8 Å². The largest absolute Gasteiger partial charge is 0.497 e. The number of nitrogens with zero attached hydrogens (tertiary/aromatic N) is 3. The van der Waals surface area contributed by atoms with E-state index >= 15 is 0 Å². The molecule has 0 bridgehead atoms. The molecule has 2 aromatic carbocycles. The summed E-state index contributed by atoms with van der Waals surface area (Å²) in [5, 5.41) is 11.9. The van der Waals surface area contributed by atoms with Crippen LogP contribution in [0.5, 0.6) is 5.75 Å². The first kappa shape index (κ1) is 23.5. The van der Waals surface area contributed by atoms with E-state index in [9.17, 15) is 14.0 Å². The fourth-order valence-corrected chi connectivity index (χ4v) is 3.99. The standard InChI is InChI=1S/C23H25FN4O3S/c1-3-28-21(12-13-25-22(30)16-8-10-19(31-2)11-9-16)26-27-23(28)32-15-18(29)14-17-6-4-5-7-20(17)24/h4-11H,3,12-15H2,1-2H3,(H,25,30). The van der Waals surface area contributed by atoms with Crippen LogP contribution in [0, 0.1) is 5.82 Å². The quantitative estimate of drug-likeness (QED) is 0.446. The van der Waals surface area contributed by atoms with Gasteiger partial charge in [0.05, 0.1) is 12.9 Å². The molecule has 1 aromatic heterocycles. The van der Waals surface area contributed by atoms with Gasteiger partial charge in [0.2, 0.25) is 0 Å². The first-order valence-electron chi connectivity index (χ1n) is 10.2. The van der Waals surface area contributed by atoms with Crippen LogP contribution in [0.25, 0.3) is 0 Å². The number of rotatable bonds is 11. The van der Waals surface area contributed by atoms with E-state index in [0.29, 0.717) is 41.5 Å². The van der Waals surface area contributed by atoms with E-state index in [2.05, 4.69) is 15.5 Å². The number of hydrogen-bond donors (Lipinski definition) is 1. The number of nitrogens with one attached hydrogen (secondary N) is 1. The summed E-state index contributed by atoms with van der Waals surface area (Å²) in [5.74, 6) is 0.964. The van der Waals surface area contributed by atoms with Crippen LogP contribution in [-0.2, 0) is 24.2 Å². The Kier molecular flexibility index (Phi) is 8.38. The first-order valence-corrected chi connectivity index (χ1v) is 11.2. The topological polar surface area (TPSA) is 86.1 Å². The number of amides is 1. The molecule has 0 spiro atoms. The average molecular weight is 457 g/mol. The third-order valence-corrected chi connectivity index (χ3v) is 5.83. The molecule has 0 atom stereocenters. The summed E-state index contributed by atoms with van der Waals surface area (Å²) in [5.41, 5.74) is 0.940. The van der Waals surface area contributed by atoms with E-state index in [4.69, 9.17) is 4.74 Å². The van der Waals surface area contributed by atoms with Crippen molar-refractivity contribution in [3.05, 3.63) is 71.3 Å². The fourth-order valence-electron chi connectivity index (χ4n) is 3.11. The number of ether oxygens (including phenoxy) is 1. The maximum absolute atomic E-state index is 13.7. The number of ketones is 1. The highest BCUT2D eigenvalue weighted by molar-refractivity contribution is 7.99. The molecule has 9 heteroatoms. The van der Waals surface area contributed by atoms with E-state index in [-0.39, 0.29) is 29.7 Å². The molecule has 3 rings (SSSR count). The van der Waals surface area contributed by atoms with Crippen molar-refractivity contribution in [3.8, 4) is 5.75 Å². The fraction of sp³-hybridized carbons (Fsp3) is 0.304. The molecule has 7 nitrogen and oxygen atoms in total. The lowest BCUT2D eigenvalue weighted by molar-refractivity contribution is -0.116. The molecule has 168 valence electrons. The smallest absolute Gasteiger partial charge is 0.251 e. The summed E-state index contributed by atoms with van der Waals surface area (Å²) >= 11 is 1.28. The maximum atomic E-state index is 13.7. The van der Waals surface area contributed by atoms with Crippen LogP contribution in [0.3, 0.4) is 0 Å². The molecular weight excluding hydrogens is 431 g/mol. The van der Waals surface area contributed by atoms with Crippen LogP contribution in [-0.4, -0.2) is 45.9 Å². The van der Waals surface area contributed by atoms with Gasteiger partial charge in [-0.1, -0.05) is 30.0 Å². The second-order valence-electron chi connectivity index (χ2n) is 6.97. The van der Waals surface area contributed by atoms with Gasteiger partial charge in [-0.2, -0.15) is 0 Å². The van der Waals surface area contributed by atoms with Crippen molar-refractivity contribution in [3.63, 3.8) is 0 Å². The van der Waals surface area contributed by atoms with E-state index in [1.807, 2.05) is 11.5 Å². The van der Waals surface area contributed by atoms with Gasteiger partial charge in [-0.3, -0.25) is 9.59 Å². The highest BCUT2D eigenvalue weighted by Crippen LogP contribution is 2.19. The molecule has 0 aliphatic heterocycles. The molecule has 0 saturated heterocycles. The Bertz CT molecular complexity index is 1070. The van der Waals surface area contributed by atoms with Crippen molar-refractivity contribution >= 4 is 23.5 Å².